The number of ether oxygens (including phenoxy) is 3. The number of hydrogen-bond acceptors (Lipinski definition) is 5. The molecule has 0 fully saturated rings. The molecule has 0 aliphatic carbocycles. The van der Waals surface area contributed by atoms with E-state index in [4.69, 9.17) is 19.2 Å². The van der Waals surface area contributed by atoms with E-state index in [0.29, 0.717) is 22.8 Å². The first kappa shape index (κ1) is 20.8. The van der Waals surface area contributed by atoms with Crippen molar-refractivity contribution in [3.05, 3.63) is 112 Å². The van der Waals surface area contributed by atoms with Crippen molar-refractivity contribution in [3.63, 3.8) is 0 Å². The Morgan fingerprint density at radius 1 is 0.943 bits per heavy atom. The molecule has 0 amide bonds. The number of rotatable bonds is 4. The van der Waals surface area contributed by atoms with E-state index in [1.807, 2.05) is 30.3 Å². The van der Waals surface area contributed by atoms with Gasteiger partial charge >= 0.3 is 0 Å². The SMILES string of the molecule is Cc1c(C2=Cc3cc(Oc4cccc(C#N)c4)c4c(c3=N2)=COCO4)cccc1-c1ccccc1. The summed E-state index contributed by atoms with van der Waals surface area (Å²) in [7, 11) is 0. The molecular weight excluding hydrogens is 436 g/mol. The number of nitriles is 1. The highest BCUT2D eigenvalue weighted by molar-refractivity contribution is 5.88. The van der Waals surface area contributed by atoms with Crippen molar-refractivity contribution in [1.29, 1.82) is 5.26 Å². The minimum Gasteiger partial charge on any atom is -0.464 e. The summed E-state index contributed by atoms with van der Waals surface area (Å²) >= 11 is 0. The highest BCUT2D eigenvalue weighted by Gasteiger charge is 2.21. The summed E-state index contributed by atoms with van der Waals surface area (Å²) in [6.45, 7) is 2.22. The van der Waals surface area contributed by atoms with Gasteiger partial charge in [-0.25, -0.2) is 4.99 Å². The van der Waals surface area contributed by atoms with Crippen LogP contribution in [-0.2, 0) is 4.74 Å². The third-order valence-electron chi connectivity index (χ3n) is 6.17. The molecular formula is C30H20N2O3. The molecule has 0 aromatic heterocycles. The van der Waals surface area contributed by atoms with E-state index >= 15 is 0 Å². The second-order valence-corrected chi connectivity index (χ2v) is 8.33. The molecule has 0 unspecified atom stereocenters. The smallest absolute Gasteiger partial charge is 0.230 e. The summed E-state index contributed by atoms with van der Waals surface area (Å²) < 4.78 is 17.5. The Morgan fingerprint density at radius 2 is 1.77 bits per heavy atom. The molecule has 6 rings (SSSR count). The van der Waals surface area contributed by atoms with Crippen LogP contribution in [0.2, 0.25) is 0 Å². The molecule has 5 nitrogen and oxygen atoms in total. The van der Waals surface area contributed by atoms with Gasteiger partial charge in [0.25, 0.3) is 0 Å². The zero-order valence-corrected chi connectivity index (χ0v) is 19.0. The largest absolute Gasteiger partial charge is 0.464 e. The van der Waals surface area contributed by atoms with Gasteiger partial charge in [0, 0.05) is 11.1 Å². The van der Waals surface area contributed by atoms with Gasteiger partial charge in [-0.3, -0.25) is 0 Å². The number of fused-ring (bicyclic) bond motifs is 3. The summed E-state index contributed by atoms with van der Waals surface area (Å²) in [5, 5.41) is 10.8. The quantitative estimate of drug-likeness (QED) is 0.403. The fourth-order valence-corrected chi connectivity index (χ4v) is 4.49. The van der Waals surface area contributed by atoms with Crippen LogP contribution >= 0.6 is 0 Å². The van der Waals surface area contributed by atoms with Crippen LogP contribution in [0, 0.1) is 18.3 Å². The fourth-order valence-electron chi connectivity index (χ4n) is 4.49. The molecule has 0 bridgehead atoms. The van der Waals surface area contributed by atoms with Crippen molar-refractivity contribution >= 4 is 18.0 Å². The molecule has 2 aliphatic rings. The maximum atomic E-state index is 9.23. The van der Waals surface area contributed by atoms with Gasteiger partial charge in [-0.2, -0.15) is 5.26 Å². The lowest BCUT2D eigenvalue weighted by Crippen LogP contribution is -2.32. The third-order valence-corrected chi connectivity index (χ3v) is 6.17. The van der Waals surface area contributed by atoms with Crippen LogP contribution in [0.5, 0.6) is 17.2 Å². The zero-order valence-electron chi connectivity index (χ0n) is 19.0. The lowest BCUT2D eigenvalue weighted by molar-refractivity contribution is 0.0882. The predicted octanol–water partition coefficient (Wildman–Crippen LogP) is 5.56. The maximum absolute atomic E-state index is 9.23. The highest BCUT2D eigenvalue weighted by Crippen LogP contribution is 2.35. The van der Waals surface area contributed by atoms with E-state index < -0.39 is 0 Å². The fraction of sp³-hybridized carbons (Fsp3) is 0.0667. The molecule has 0 radical (unpaired) electrons. The number of hydrogen-bond donors (Lipinski definition) is 0. The lowest BCUT2D eigenvalue weighted by atomic mass is 9.95. The average molecular weight is 457 g/mol. The summed E-state index contributed by atoms with van der Waals surface area (Å²) in [6, 6.07) is 27.8. The van der Waals surface area contributed by atoms with E-state index in [1.165, 1.54) is 11.1 Å². The monoisotopic (exact) mass is 456 g/mol. The zero-order chi connectivity index (χ0) is 23.8. The molecule has 168 valence electrons. The van der Waals surface area contributed by atoms with Gasteiger partial charge in [-0.1, -0.05) is 54.6 Å². The van der Waals surface area contributed by atoms with Crippen LogP contribution in [0.3, 0.4) is 0 Å². The maximum Gasteiger partial charge on any atom is 0.230 e. The second kappa shape index (κ2) is 8.51. The standard InChI is InChI=1S/C30H20N2O3/c1-19-24(21-8-3-2-4-9-21)11-6-12-25(19)27-14-22-15-28(35-23-10-5-7-20(13-23)16-31)30-26(29(22)32-27)17-33-18-34-30/h2-15,17H,18H2,1H3. The molecule has 0 saturated heterocycles. The van der Waals surface area contributed by atoms with Crippen LogP contribution in [0.15, 0.2) is 83.9 Å². The van der Waals surface area contributed by atoms with Crippen LogP contribution in [0.25, 0.3) is 29.2 Å². The highest BCUT2D eigenvalue weighted by atomic mass is 16.7. The Bertz CT molecular complexity index is 1660. The van der Waals surface area contributed by atoms with Crippen molar-refractivity contribution in [3.8, 4) is 34.4 Å². The lowest BCUT2D eigenvalue weighted by Gasteiger charge is -2.17. The summed E-state index contributed by atoms with van der Waals surface area (Å²) in [5.74, 6) is 1.69. The molecule has 4 aromatic carbocycles. The van der Waals surface area contributed by atoms with Gasteiger partial charge in [0.05, 0.1) is 27.9 Å². The average Bonchev–Trinajstić information content (AvgIpc) is 3.33. The molecule has 0 saturated carbocycles. The Labute approximate surface area is 202 Å². The van der Waals surface area contributed by atoms with Crippen LogP contribution in [0.4, 0.5) is 0 Å². The molecule has 2 heterocycles. The van der Waals surface area contributed by atoms with Crippen LogP contribution < -0.4 is 20.0 Å². The van der Waals surface area contributed by atoms with Gasteiger partial charge in [0.2, 0.25) is 6.79 Å². The van der Waals surface area contributed by atoms with Crippen LogP contribution in [0.1, 0.15) is 22.3 Å². The van der Waals surface area contributed by atoms with Crippen molar-refractivity contribution < 1.29 is 14.2 Å². The third kappa shape index (κ3) is 3.71. The molecule has 35 heavy (non-hydrogen) atoms. The summed E-state index contributed by atoms with van der Waals surface area (Å²) in [5.41, 5.74) is 6.90. The van der Waals surface area contributed by atoms with Crippen molar-refractivity contribution in [2.45, 2.75) is 6.92 Å². The Morgan fingerprint density at radius 3 is 2.63 bits per heavy atom. The normalized spacial score (nSPS) is 13.1. The first-order chi connectivity index (χ1) is 17.2. The van der Waals surface area contributed by atoms with Crippen molar-refractivity contribution in [2.24, 2.45) is 4.99 Å². The van der Waals surface area contributed by atoms with Crippen LogP contribution in [-0.4, -0.2) is 6.79 Å². The van der Waals surface area contributed by atoms with Gasteiger partial charge in [0.15, 0.2) is 11.5 Å². The minimum atomic E-state index is 0.0961. The van der Waals surface area contributed by atoms with Gasteiger partial charge in [-0.05, 0) is 54.0 Å². The Hall–Kier alpha value is -4.82. The minimum absolute atomic E-state index is 0.0961. The molecule has 0 atom stereocenters. The predicted molar refractivity (Wildman–Crippen MR) is 134 cm³/mol. The first-order valence-corrected chi connectivity index (χ1v) is 11.3. The molecule has 0 spiro atoms. The van der Waals surface area contributed by atoms with Crippen molar-refractivity contribution in [2.75, 3.05) is 6.79 Å². The number of benzene rings is 4. The van der Waals surface area contributed by atoms with E-state index in [9.17, 15) is 5.26 Å². The van der Waals surface area contributed by atoms with E-state index in [-0.39, 0.29) is 6.79 Å². The molecule has 2 aliphatic heterocycles. The van der Waals surface area contributed by atoms with E-state index in [1.54, 1.807) is 24.5 Å². The van der Waals surface area contributed by atoms with Gasteiger partial charge in [-0.15, -0.1) is 0 Å². The number of nitrogens with zero attached hydrogens (tertiary/aromatic N) is 2. The molecule has 4 aromatic rings. The molecule has 0 N–H and O–H groups in total. The van der Waals surface area contributed by atoms with Gasteiger partial charge < -0.3 is 14.2 Å². The topological polar surface area (TPSA) is 63.8 Å². The summed E-state index contributed by atoms with van der Waals surface area (Å²) in [4.78, 5) is 4.98. The Balaban J connectivity index is 1.46. The molecule has 5 heteroatoms. The summed E-state index contributed by atoms with van der Waals surface area (Å²) in [6.07, 6.45) is 3.73. The van der Waals surface area contributed by atoms with Crippen molar-refractivity contribution in [1.82, 2.24) is 0 Å². The van der Waals surface area contributed by atoms with Gasteiger partial charge in [0.1, 0.15) is 12.0 Å². The van der Waals surface area contributed by atoms with E-state index in [2.05, 4.69) is 49.4 Å². The first-order valence-electron chi connectivity index (χ1n) is 11.3. The second-order valence-electron chi connectivity index (χ2n) is 8.33. The van der Waals surface area contributed by atoms with E-state index in [0.717, 1.165) is 33.0 Å². The Kier molecular flexibility index (Phi) is 5.05.